The summed E-state index contributed by atoms with van der Waals surface area (Å²) >= 11 is 1.73. The van der Waals surface area contributed by atoms with Crippen molar-refractivity contribution in [2.75, 3.05) is 13.6 Å². The maximum absolute atomic E-state index is 4.56. The molecule has 138 valence electrons. The maximum atomic E-state index is 4.56. The maximum Gasteiger partial charge on any atom is 0.191 e. The Morgan fingerprint density at radius 3 is 2.40 bits per heavy atom. The van der Waals surface area contributed by atoms with E-state index in [1.54, 1.807) is 18.4 Å². The predicted octanol–water partition coefficient (Wildman–Crippen LogP) is 4.33. The van der Waals surface area contributed by atoms with Crippen LogP contribution in [-0.2, 0) is 12.0 Å². The Kier molecular flexibility index (Phi) is 8.34. The molecule has 0 aliphatic heterocycles. The molecule has 6 heteroatoms. The van der Waals surface area contributed by atoms with Gasteiger partial charge in [0.05, 0.1) is 12.2 Å². The molecule has 0 atom stereocenters. The van der Waals surface area contributed by atoms with E-state index in [-0.39, 0.29) is 29.4 Å². The molecule has 0 saturated carbocycles. The van der Waals surface area contributed by atoms with Gasteiger partial charge in [-0.05, 0) is 31.9 Å². The number of aromatic nitrogens is 1. The smallest absolute Gasteiger partial charge is 0.191 e. The summed E-state index contributed by atoms with van der Waals surface area (Å²) in [6.45, 7) is 12.3. The molecule has 1 aromatic carbocycles. The average Bonchev–Trinajstić information content (AvgIpc) is 2.86. The minimum atomic E-state index is 0. The summed E-state index contributed by atoms with van der Waals surface area (Å²) in [5.74, 6) is 0.808. The average molecular weight is 472 g/mol. The highest BCUT2D eigenvalue weighted by Gasteiger charge is 2.22. The number of hydrogen-bond acceptors (Lipinski definition) is 3. The molecule has 1 heterocycles. The molecule has 0 bridgehead atoms. The molecule has 2 rings (SSSR count). The molecule has 2 N–H and O–H groups in total. The van der Waals surface area contributed by atoms with Gasteiger partial charge in [-0.25, -0.2) is 4.98 Å². The van der Waals surface area contributed by atoms with Crippen molar-refractivity contribution in [3.8, 4) is 0 Å². The molecule has 0 unspecified atom stereocenters. The number of thiazole rings is 1. The Balaban J connectivity index is 0.00000312. The van der Waals surface area contributed by atoms with Crippen molar-refractivity contribution >= 4 is 41.3 Å². The van der Waals surface area contributed by atoms with Crippen molar-refractivity contribution in [1.82, 2.24) is 15.6 Å². The summed E-state index contributed by atoms with van der Waals surface area (Å²) < 4.78 is 0. The number of guanidine groups is 1. The third-order valence-electron chi connectivity index (χ3n) is 4.28. The number of benzene rings is 1. The molecule has 0 saturated heterocycles. The molecule has 0 spiro atoms. The summed E-state index contributed by atoms with van der Waals surface area (Å²) in [5.41, 5.74) is 3.82. The molecule has 4 nitrogen and oxygen atoms in total. The number of nitrogens with zero attached hydrogens (tertiary/aromatic N) is 2. The Morgan fingerprint density at radius 1 is 1.16 bits per heavy atom. The van der Waals surface area contributed by atoms with E-state index in [0.717, 1.165) is 23.2 Å². The standard InChI is InChI=1S/C19H28N4S.HI/c1-13-9-7-8-10-16(13)19(4,5)12-22-18(20-6)21-11-17-23-14(2)15(3)24-17;/h7-10H,11-12H2,1-6H3,(H2,20,21,22);1H. The van der Waals surface area contributed by atoms with Crippen molar-refractivity contribution in [3.05, 3.63) is 51.0 Å². The fourth-order valence-electron chi connectivity index (χ4n) is 2.73. The first-order chi connectivity index (χ1) is 11.3. The molecule has 0 amide bonds. The van der Waals surface area contributed by atoms with Crippen molar-refractivity contribution in [2.45, 2.75) is 46.6 Å². The lowest BCUT2D eigenvalue weighted by atomic mass is 9.82. The van der Waals surface area contributed by atoms with Crippen molar-refractivity contribution < 1.29 is 0 Å². The summed E-state index contributed by atoms with van der Waals surface area (Å²) in [7, 11) is 1.80. The van der Waals surface area contributed by atoms with E-state index < -0.39 is 0 Å². The van der Waals surface area contributed by atoms with E-state index in [2.05, 4.69) is 72.6 Å². The first-order valence-electron chi connectivity index (χ1n) is 8.27. The van der Waals surface area contributed by atoms with Crippen LogP contribution in [0.25, 0.3) is 0 Å². The monoisotopic (exact) mass is 472 g/mol. The van der Waals surface area contributed by atoms with Gasteiger partial charge in [0, 0.05) is 23.9 Å². The van der Waals surface area contributed by atoms with E-state index in [4.69, 9.17) is 0 Å². The number of nitrogens with one attached hydrogen (secondary N) is 2. The molecule has 2 aromatic rings. The molecular weight excluding hydrogens is 443 g/mol. The number of hydrogen-bond donors (Lipinski definition) is 2. The number of aliphatic imine (C=N–C) groups is 1. The van der Waals surface area contributed by atoms with Crippen LogP contribution in [0.2, 0.25) is 0 Å². The normalized spacial score (nSPS) is 11.8. The highest BCUT2D eigenvalue weighted by atomic mass is 127. The Morgan fingerprint density at radius 2 is 1.84 bits per heavy atom. The van der Waals surface area contributed by atoms with Crippen LogP contribution >= 0.6 is 35.3 Å². The van der Waals surface area contributed by atoms with Crippen molar-refractivity contribution in [1.29, 1.82) is 0 Å². The van der Waals surface area contributed by atoms with Gasteiger partial charge in [-0.1, -0.05) is 38.1 Å². The van der Waals surface area contributed by atoms with Crippen LogP contribution in [0.5, 0.6) is 0 Å². The van der Waals surface area contributed by atoms with Gasteiger partial charge in [-0.2, -0.15) is 0 Å². The Labute approximate surface area is 172 Å². The zero-order valence-electron chi connectivity index (χ0n) is 15.9. The van der Waals surface area contributed by atoms with Gasteiger partial charge in [0.1, 0.15) is 5.01 Å². The summed E-state index contributed by atoms with van der Waals surface area (Å²) in [6.07, 6.45) is 0. The molecule has 0 radical (unpaired) electrons. The van der Waals surface area contributed by atoms with Crippen LogP contribution in [0.1, 0.15) is 40.6 Å². The van der Waals surface area contributed by atoms with Crippen LogP contribution in [0.15, 0.2) is 29.3 Å². The lowest BCUT2D eigenvalue weighted by Crippen LogP contribution is -2.43. The van der Waals surface area contributed by atoms with Crippen LogP contribution < -0.4 is 10.6 Å². The number of halogens is 1. The third kappa shape index (κ3) is 5.95. The fraction of sp³-hybridized carbons (Fsp3) is 0.474. The summed E-state index contributed by atoms with van der Waals surface area (Å²) in [6, 6.07) is 8.55. The van der Waals surface area contributed by atoms with Crippen LogP contribution in [-0.4, -0.2) is 24.5 Å². The Hall–Kier alpha value is -1.15. The van der Waals surface area contributed by atoms with Gasteiger partial charge < -0.3 is 10.6 Å². The number of rotatable bonds is 5. The van der Waals surface area contributed by atoms with E-state index >= 15 is 0 Å². The second-order valence-corrected chi connectivity index (χ2v) is 8.02. The largest absolute Gasteiger partial charge is 0.356 e. The Bertz CT molecular complexity index is 702. The first kappa shape index (κ1) is 21.9. The minimum Gasteiger partial charge on any atom is -0.356 e. The van der Waals surface area contributed by atoms with Gasteiger partial charge in [0.15, 0.2) is 5.96 Å². The lowest BCUT2D eigenvalue weighted by molar-refractivity contribution is 0.506. The molecule has 25 heavy (non-hydrogen) atoms. The predicted molar refractivity (Wildman–Crippen MR) is 119 cm³/mol. The quantitative estimate of drug-likeness (QED) is 0.387. The highest BCUT2D eigenvalue weighted by Crippen LogP contribution is 2.25. The topological polar surface area (TPSA) is 49.3 Å². The van der Waals surface area contributed by atoms with E-state index in [0.29, 0.717) is 6.54 Å². The lowest BCUT2D eigenvalue weighted by Gasteiger charge is -2.28. The summed E-state index contributed by atoms with van der Waals surface area (Å²) in [4.78, 5) is 10.2. The molecule has 0 aliphatic rings. The van der Waals surface area contributed by atoms with Crippen molar-refractivity contribution in [2.24, 2.45) is 4.99 Å². The second-order valence-electron chi connectivity index (χ2n) is 6.73. The van der Waals surface area contributed by atoms with Gasteiger partial charge in [-0.15, -0.1) is 35.3 Å². The molecule has 1 aromatic heterocycles. The van der Waals surface area contributed by atoms with Gasteiger partial charge in [-0.3, -0.25) is 4.99 Å². The van der Waals surface area contributed by atoms with Crippen LogP contribution in [0.4, 0.5) is 0 Å². The zero-order chi connectivity index (χ0) is 17.7. The van der Waals surface area contributed by atoms with E-state index in [1.165, 1.54) is 16.0 Å². The van der Waals surface area contributed by atoms with E-state index in [9.17, 15) is 0 Å². The van der Waals surface area contributed by atoms with Gasteiger partial charge in [0.25, 0.3) is 0 Å². The van der Waals surface area contributed by atoms with Gasteiger partial charge >= 0.3 is 0 Å². The second kappa shape index (κ2) is 9.52. The molecule has 0 aliphatic carbocycles. The third-order valence-corrected chi connectivity index (χ3v) is 5.35. The van der Waals surface area contributed by atoms with Crippen molar-refractivity contribution in [3.63, 3.8) is 0 Å². The molecule has 0 fully saturated rings. The number of aryl methyl sites for hydroxylation is 3. The fourth-order valence-corrected chi connectivity index (χ4v) is 3.60. The first-order valence-corrected chi connectivity index (χ1v) is 9.08. The van der Waals surface area contributed by atoms with E-state index in [1.807, 2.05) is 6.92 Å². The van der Waals surface area contributed by atoms with Crippen LogP contribution in [0, 0.1) is 20.8 Å². The minimum absolute atomic E-state index is 0. The highest BCUT2D eigenvalue weighted by molar-refractivity contribution is 14.0. The van der Waals surface area contributed by atoms with Gasteiger partial charge in [0.2, 0.25) is 0 Å². The zero-order valence-corrected chi connectivity index (χ0v) is 19.1. The SMILES string of the molecule is CN=C(NCc1nc(C)c(C)s1)NCC(C)(C)c1ccccc1C.I. The molecular formula is C19H29IN4S. The summed E-state index contributed by atoms with van der Waals surface area (Å²) in [5, 5.41) is 7.88. The van der Waals surface area contributed by atoms with Crippen LogP contribution in [0.3, 0.4) is 0 Å².